The molecule has 2 heterocycles. The number of amides is 1. The molecule has 23 heavy (non-hydrogen) atoms. The fourth-order valence-corrected chi connectivity index (χ4v) is 3.28. The molecule has 120 valence electrons. The summed E-state index contributed by atoms with van der Waals surface area (Å²) in [5.74, 6) is -1.27. The molecule has 0 spiro atoms. The molecule has 1 aliphatic heterocycles. The number of carbonyl (C=O) groups excluding carboxylic acids is 1. The normalized spacial score (nSPS) is 17.7. The van der Waals surface area contributed by atoms with Crippen molar-refractivity contribution in [3.05, 3.63) is 41.1 Å². The zero-order valence-electron chi connectivity index (χ0n) is 13.4. The van der Waals surface area contributed by atoms with Crippen molar-refractivity contribution in [2.45, 2.75) is 26.7 Å². The Bertz CT molecular complexity index is 785. The van der Waals surface area contributed by atoms with Crippen molar-refractivity contribution < 1.29 is 14.7 Å². The van der Waals surface area contributed by atoms with Gasteiger partial charge in [-0.3, -0.25) is 14.6 Å². The SMILES string of the molecule is Cc1nc2ccccc2c(C)c1CC(=O)N1CC[C@H](C(=O)O)C1. The number of carbonyl (C=O) groups is 2. The zero-order chi connectivity index (χ0) is 16.6. The number of aryl methyl sites for hydroxylation is 2. The van der Waals surface area contributed by atoms with Crippen LogP contribution in [-0.2, 0) is 16.0 Å². The summed E-state index contributed by atoms with van der Waals surface area (Å²) in [6.07, 6.45) is 0.816. The fourth-order valence-electron chi connectivity index (χ4n) is 3.28. The van der Waals surface area contributed by atoms with Gasteiger partial charge in [0.1, 0.15) is 0 Å². The molecule has 0 unspecified atom stereocenters. The van der Waals surface area contributed by atoms with Crippen LogP contribution in [0.2, 0.25) is 0 Å². The van der Waals surface area contributed by atoms with Crippen LogP contribution in [-0.4, -0.2) is 40.0 Å². The fraction of sp³-hybridized carbons (Fsp3) is 0.389. The monoisotopic (exact) mass is 312 g/mol. The molecule has 1 aliphatic rings. The van der Waals surface area contributed by atoms with Crippen molar-refractivity contribution in [1.29, 1.82) is 0 Å². The highest BCUT2D eigenvalue weighted by molar-refractivity contribution is 5.87. The van der Waals surface area contributed by atoms with Gasteiger partial charge in [-0.15, -0.1) is 0 Å². The lowest BCUT2D eigenvalue weighted by molar-refractivity contribution is -0.141. The zero-order valence-corrected chi connectivity index (χ0v) is 13.4. The molecule has 0 bridgehead atoms. The number of carboxylic acid groups (broad SMARTS) is 1. The number of aromatic nitrogens is 1. The quantitative estimate of drug-likeness (QED) is 0.944. The molecule has 0 radical (unpaired) electrons. The first kappa shape index (κ1) is 15.5. The van der Waals surface area contributed by atoms with Gasteiger partial charge < -0.3 is 10.0 Å². The molecule has 1 aromatic carbocycles. The van der Waals surface area contributed by atoms with E-state index in [9.17, 15) is 9.59 Å². The van der Waals surface area contributed by atoms with Gasteiger partial charge in [-0.1, -0.05) is 18.2 Å². The number of rotatable bonds is 3. The van der Waals surface area contributed by atoms with Crippen molar-refractivity contribution >= 4 is 22.8 Å². The Morgan fingerprint density at radius 1 is 1.30 bits per heavy atom. The summed E-state index contributed by atoms with van der Waals surface area (Å²) < 4.78 is 0. The second kappa shape index (κ2) is 5.99. The molecule has 3 rings (SSSR count). The lowest BCUT2D eigenvalue weighted by atomic mass is 9.99. The van der Waals surface area contributed by atoms with Gasteiger partial charge >= 0.3 is 5.97 Å². The van der Waals surface area contributed by atoms with Crippen LogP contribution in [0.3, 0.4) is 0 Å². The summed E-state index contributed by atoms with van der Waals surface area (Å²) in [5.41, 5.74) is 3.83. The number of aliphatic carboxylic acids is 1. The average molecular weight is 312 g/mol. The minimum atomic E-state index is -0.819. The third-order valence-corrected chi connectivity index (χ3v) is 4.70. The molecule has 2 aromatic rings. The van der Waals surface area contributed by atoms with Crippen molar-refractivity contribution in [2.24, 2.45) is 5.92 Å². The van der Waals surface area contributed by atoms with Crippen LogP contribution in [0.15, 0.2) is 24.3 Å². The van der Waals surface area contributed by atoms with Gasteiger partial charge in [0.15, 0.2) is 0 Å². The number of fused-ring (bicyclic) bond motifs is 1. The Kier molecular flexibility index (Phi) is 4.03. The van der Waals surface area contributed by atoms with Crippen LogP contribution in [0.5, 0.6) is 0 Å². The van der Waals surface area contributed by atoms with Gasteiger partial charge in [-0.2, -0.15) is 0 Å². The lowest BCUT2D eigenvalue weighted by Gasteiger charge is -2.18. The topological polar surface area (TPSA) is 70.5 Å². The largest absolute Gasteiger partial charge is 0.481 e. The smallest absolute Gasteiger partial charge is 0.308 e. The number of carboxylic acids is 1. The Hall–Kier alpha value is -2.43. The maximum atomic E-state index is 12.5. The van der Waals surface area contributed by atoms with Gasteiger partial charge in [0.25, 0.3) is 0 Å². The van der Waals surface area contributed by atoms with Gasteiger partial charge in [-0.05, 0) is 37.5 Å². The first-order chi connectivity index (χ1) is 11.0. The van der Waals surface area contributed by atoms with Gasteiger partial charge in [0.2, 0.25) is 5.91 Å². The van der Waals surface area contributed by atoms with Crippen LogP contribution in [0.25, 0.3) is 10.9 Å². The molecule has 1 atom stereocenters. The highest BCUT2D eigenvalue weighted by atomic mass is 16.4. The summed E-state index contributed by atoms with van der Waals surface area (Å²) in [6, 6.07) is 7.91. The summed E-state index contributed by atoms with van der Waals surface area (Å²) in [6.45, 7) is 4.78. The molecule has 5 nitrogen and oxygen atoms in total. The van der Waals surface area contributed by atoms with E-state index in [1.54, 1.807) is 4.90 Å². The van der Waals surface area contributed by atoms with Crippen LogP contribution in [0, 0.1) is 19.8 Å². The van der Waals surface area contributed by atoms with E-state index in [1.807, 2.05) is 38.1 Å². The standard InChI is InChI=1S/C18H20N2O3/c1-11-14-5-3-4-6-16(14)19-12(2)15(11)9-17(21)20-8-7-13(10-20)18(22)23/h3-6,13H,7-10H2,1-2H3,(H,22,23)/t13-/m0/s1. The molecule has 0 saturated carbocycles. The maximum absolute atomic E-state index is 12.5. The van der Waals surface area contributed by atoms with E-state index in [2.05, 4.69) is 4.98 Å². The highest BCUT2D eigenvalue weighted by Gasteiger charge is 2.31. The van der Waals surface area contributed by atoms with E-state index in [0.29, 0.717) is 19.5 Å². The van der Waals surface area contributed by atoms with Crippen molar-refractivity contribution in [2.75, 3.05) is 13.1 Å². The Balaban J connectivity index is 1.84. The summed E-state index contributed by atoms with van der Waals surface area (Å²) in [4.78, 5) is 29.8. The molecule has 0 aliphatic carbocycles. The number of para-hydroxylation sites is 1. The predicted octanol–water partition coefficient (Wildman–Crippen LogP) is 2.33. The number of pyridine rings is 1. The third-order valence-electron chi connectivity index (χ3n) is 4.70. The predicted molar refractivity (Wildman–Crippen MR) is 87.2 cm³/mol. The number of likely N-dealkylation sites (tertiary alicyclic amines) is 1. The van der Waals surface area contributed by atoms with Crippen LogP contribution in [0.1, 0.15) is 23.2 Å². The first-order valence-electron chi connectivity index (χ1n) is 7.82. The molecule has 1 saturated heterocycles. The molecule has 1 N–H and O–H groups in total. The molecule has 5 heteroatoms. The van der Waals surface area contributed by atoms with Crippen molar-refractivity contribution in [3.63, 3.8) is 0 Å². The van der Waals surface area contributed by atoms with E-state index >= 15 is 0 Å². The molecule has 1 fully saturated rings. The number of benzene rings is 1. The summed E-state index contributed by atoms with van der Waals surface area (Å²) in [5, 5.41) is 10.1. The Morgan fingerprint density at radius 3 is 2.74 bits per heavy atom. The molecule has 1 aromatic heterocycles. The molecular weight excluding hydrogens is 292 g/mol. The average Bonchev–Trinajstić information content (AvgIpc) is 3.01. The van der Waals surface area contributed by atoms with Crippen molar-refractivity contribution in [1.82, 2.24) is 9.88 Å². The summed E-state index contributed by atoms with van der Waals surface area (Å²) >= 11 is 0. The number of hydrogen-bond donors (Lipinski definition) is 1. The van der Waals surface area contributed by atoms with E-state index in [0.717, 1.165) is 27.7 Å². The Labute approximate surface area is 134 Å². The van der Waals surface area contributed by atoms with Gasteiger partial charge in [-0.25, -0.2) is 0 Å². The lowest BCUT2D eigenvalue weighted by Crippen LogP contribution is -2.31. The molecular formula is C18H20N2O3. The van der Waals surface area contributed by atoms with Crippen LogP contribution >= 0.6 is 0 Å². The second-order valence-electron chi connectivity index (χ2n) is 6.16. The minimum absolute atomic E-state index is 0.0166. The van der Waals surface area contributed by atoms with Crippen LogP contribution < -0.4 is 0 Å². The summed E-state index contributed by atoms with van der Waals surface area (Å²) in [7, 11) is 0. The van der Waals surface area contributed by atoms with Gasteiger partial charge in [0, 0.05) is 24.2 Å². The van der Waals surface area contributed by atoms with Gasteiger partial charge in [0.05, 0.1) is 17.9 Å². The number of nitrogens with zero attached hydrogens (tertiary/aromatic N) is 2. The van der Waals surface area contributed by atoms with E-state index in [4.69, 9.17) is 5.11 Å². The highest BCUT2D eigenvalue weighted by Crippen LogP contribution is 2.24. The maximum Gasteiger partial charge on any atom is 0.308 e. The van der Waals surface area contributed by atoms with E-state index in [1.165, 1.54) is 0 Å². The Morgan fingerprint density at radius 2 is 2.04 bits per heavy atom. The third kappa shape index (κ3) is 2.91. The first-order valence-corrected chi connectivity index (χ1v) is 7.82. The van der Waals surface area contributed by atoms with E-state index < -0.39 is 11.9 Å². The number of hydrogen-bond acceptors (Lipinski definition) is 3. The van der Waals surface area contributed by atoms with E-state index in [-0.39, 0.29) is 12.3 Å². The molecule has 1 amide bonds. The minimum Gasteiger partial charge on any atom is -0.481 e. The van der Waals surface area contributed by atoms with Crippen LogP contribution in [0.4, 0.5) is 0 Å². The second-order valence-corrected chi connectivity index (χ2v) is 6.16. The van der Waals surface area contributed by atoms with Crippen molar-refractivity contribution in [3.8, 4) is 0 Å².